The number of hydrogen-bond acceptors (Lipinski definition) is 4. The van der Waals surface area contributed by atoms with Crippen LogP contribution in [0.5, 0.6) is 5.75 Å². The van der Waals surface area contributed by atoms with Gasteiger partial charge < -0.3 is 4.52 Å². The summed E-state index contributed by atoms with van der Waals surface area (Å²) in [6.45, 7) is 0. The van der Waals surface area contributed by atoms with Crippen LogP contribution in [0.25, 0.3) is 0 Å². The maximum absolute atomic E-state index is 5.55. The van der Waals surface area contributed by atoms with E-state index < -0.39 is 8.09 Å². The Hall–Kier alpha value is -0.160. The monoisotopic (exact) mass is 274 g/mol. The minimum atomic E-state index is -1.37. The second-order valence-electron chi connectivity index (χ2n) is 2.17. The number of nitrogens with zero attached hydrogens (tertiary/aromatic N) is 4. The predicted octanol–water partition coefficient (Wildman–Crippen LogP) is 4.78. The highest BCUT2D eigenvalue weighted by atomic mass is 31.2. The molecule has 0 amide bonds. The lowest BCUT2D eigenvalue weighted by Crippen LogP contribution is -1.76. The van der Waals surface area contributed by atoms with E-state index in [4.69, 9.17) is 4.52 Å². The van der Waals surface area contributed by atoms with Gasteiger partial charge in [-0.2, -0.15) is 13.5 Å². The molecule has 2 rings (SSSR count). The lowest BCUT2D eigenvalue weighted by Gasteiger charge is -2.04. The predicted molar refractivity (Wildman–Crippen MR) is 65.6 cm³/mol. The molecule has 0 fully saturated rings. The van der Waals surface area contributed by atoms with E-state index >= 15 is 0 Å². The average Bonchev–Trinajstić information content (AvgIpc) is 2.21. The van der Waals surface area contributed by atoms with Crippen molar-refractivity contribution in [1.29, 1.82) is 0 Å². The Morgan fingerprint density at radius 3 is 2.47 bits per heavy atom. The Bertz CT molecular complexity index is 380. The van der Waals surface area contributed by atoms with Crippen LogP contribution in [0.3, 0.4) is 0 Å². The van der Waals surface area contributed by atoms with Gasteiger partial charge in [-0.1, -0.05) is 18.2 Å². The molecule has 5 nitrogen and oxygen atoms in total. The van der Waals surface area contributed by atoms with E-state index in [1.54, 1.807) is 0 Å². The summed E-state index contributed by atoms with van der Waals surface area (Å²) in [5, 5.41) is 0. The Morgan fingerprint density at radius 1 is 1.13 bits per heavy atom. The quantitative estimate of drug-likeness (QED) is 0.715. The Labute approximate surface area is 95.7 Å². The van der Waals surface area contributed by atoms with E-state index in [1.165, 1.54) is 0 Å². The first-order chi connectivity index (χ1) is 6.45. The fraction of sp³-hybridized carbons (Fsp3) is 0. The van der Waals surface area contributed by atoms with Crippen LogP contribution in [0.1, 0.15) is 0 Å². The molecule has 1 aliphatic heterocycles. The summed E-state index contributed by atoms with van der Waals surface area (Å²) in [7, 11) is 0.115. The van der Waals surface area contributed by atoms with Gasteiger partial charge in [-0.15, -0.1) is 0 Å². The van der Waals surface area contributed by atoms with Gasteiger partial charge in [0, 0.05) is 16.0 Å². The SMILES string of the molecule is [N].[P].c1ccc(O[PH]2=NP=NP=N2)cc1. The standard InChI is InChI=1S/C6H6N3OP3.N.P/c1-2-4-6(5-3-1)10-13-8-11-7-12-9-13;;/h1-5,13H;;. The average molecular weight is 274 g/mol. The summed E-state index contributed by atoms with van der Waals surface area (Å²) in [6.07, 6.45) is 0. The molecule has 0 saturated carbocycles. The van der Waals surface area contributed by atoms with Crippen LogP contribution in [0.4, 0.5) is 0 Å². The Morgan fingerprint density at radius 2 is 1.87 bits per heavy atom. The summed E-state index contributed by atoms with van der Waals surface area (Å²) in [5.74, 6) is 0.830. The topological polar surface area (TPSA) is 76.8 Å². The third kappa shape index (κ3) is 4.93. The van der Waals surface area contributed by atoms with Crippen molar-refractivity contribution in [2.24, 2.45) is 13.5 Å². The van der Waals surface area contributed by atoms with Crippen molar-refractivity contribution in [3.63, 3.8) is 0 Å². The summed E-state index contributed by atoms with van der Waals surface area (Å²) in [6, 6.07) is 9.62. The van der Waals surface area contributed by atoms with Crippen molar-refractivity contribution in [2.45, 2.75) is 0 Å². The fourth-order valence-electron chi connectivity index (χ4n) is 0.789. The number of benzene rings is 1. The summed E-state index contributed by atoms with van der Waals surface area (Å²) in [5.41, 5.74) is 0. The second-order valence-corrected chi connectivity index (χ2v) is 5.61. The molecule has 0 aromatic heterocycles. The van der Waals surface area contributed by atoms with E-state index in [9.17, 15) is 0 Å². The highest BCUT2D eigenvalue weighted by Gasteiger charge is 1.98. The van der Waals surface area contributed by atoms with Crippen molar-refractivity contribution < 1.29 is 4.52 Å². The van der Waals surface area contributed by atoms with Crippen molar-refractivity contribution in [1.82, 2.24) is 6.15 Å². The highest BCUT2D eigenvalue weighted by Crippen LogP contribution is 2.42. The third-order valence-corrected chi connectivity index (χ3v) is 4.44. The van der Waals surface area contributed by atoms with E-state index in [-0.39, 0.29) is 16.0 Å². The molecular weight excluding hydrogens is 268 g/mol. The maximum atomic E-state index is 5.55. The largest absolute Gasteiger partial charge is 0.443 e. The molecule has 0 bridgehead atoms. The van der Waals surface area contributed by atoms with Crippen LogP contribution in [0.15, 0.2) is 43.9 Å². The first-order valence-corrected chi connectivity index (χ1v) is 6.47. The lowest BCUT2D eigenvalue weighted by atomic mass is 10.3. The smallest absolute Gasteiger partial charge is 0.249 e. The van der Waals surface area contributed by atoms with Crippen LogP contribution in [0, 0.1) is 0 Å². The van der Waals surface area contributed by atoms with Gasteiger partial charge in [-0.25, -0.2) is 0 Å². The molecule has 76 valence electrons. The molecule has 6 radical (unpaired) electrons. The molecule has 1 unspecified atom stereocenters. The zero-order valence-electron chi connectivity index (χ0n) is 7.43. The van der Waals surface area contributed by atoms with Gasteiger partial charge in [-0.3, -0.25) is 0 Å². The highest BCUT2D eigenvalue weighted by molar-refractivity contribution is 7.56. The van der Waals surface area contributed by atoms with E-state index in [1.807, 2.05) is 30.3 Å². The zero-order valence-corrected chi connectivity index (χ0v) is 11.1. The molecule has 0 saturated heterocycles. The lowest BCUT2D eigenvalue weighted by molar-refractivity contribution is 0.624. The first-order valence-electron chi connectivity index (χ1n) is 3.57. The van der Waals surface area contributed by atoms with Crippen molar-refractivity contribution in [2.75, 3.05) is 0 Å². The van der Waals surface area contributed by atoms with Crippen LogP contribution in [-0.4, -0.2) is 0 Å². The van der Waals surface area contributed by atoms with Crippen molar-refractivity contribution in [3.8, 4) is 5.75 Å². The van der Waals surface area contributed by atoms with E-state index in [0.29, 0.717) is 0 Å². The molecule has 1 aromatic rings. The molecule has 1 heterocycles. The van der Waals surface area contributed by atoms with Gasteiger partial charge in [0.05, 0.1) is 0 Å². The molecule has 0 spiro atoms. The second kappa shape index (κ2) is 8.05. The number of rotatable bonds is 2. The molecule has 1 atom stereocenters. The minimum absolute atomic E-state index is 0. The molecule has 0 aliphatic carbocycles. The molecule has 0 N–H and O–H groups in total. The normalized spacial score (nSPS) is 19.1. The molecule has 15 heavy (non-hydrogen) atoms. The molecule has 1 aliphatic rings. The van der Waals surface area contributed by atoms with Gasteiger partial charge in [0.1, 0.15) is 5.75 Å². The van der Waals surface area contributed by atoms with Crippen LogP contribution < -0.4 is 10.7 Å². The third-order valence-electron chi connectivity index (χ3n) is 1.29. The maximum Gasteiger partial charge on any atom is 0.249 e. The van der Waals surface area contributed by atoms with Gasteiger partial charge >= 0.3 is 0 Å². The summed E-state index contributed by atoms with van der Waals surface area (Å²) in [4.78, 5) is 0. The summed E-state index contributed by atoms with van der Waals surface area (Å²) >= 11 is 0. The number of para-hydroxylation sites is 1. The minimum Gasteiger partial charge on any atom is -0.443 e. The van der Waals surface area contributed by atoms with Crippen molar-refractivity contribution in [3.05, 3.63) is 30.3 Å². The molecular formula is C6H6N4OP4. The van der Waals surface area contributed by atoms with Gasteiger partial charge in [0.2, 0.25) is 8.09 Å². The van der Waals surface area contributed by atoms with Gasteiger partial charge in [0.15, 0.2) is 17.0 Å². The van der Waals surface area contributed by atoms with Crippen LogP contribution in [0.2, 0.25) is 0 Å². The molecule has 1 aromatic carbocycles. The van der Waals surface area contributed by atoms with E-state index in [0.717, 1.165) is 22.8 Å². The Kier molecular flexibility index (Phi) is 7.96. The zero-order chi connectivity index (χ0) is 8.93. The van der Waals surface area contributed by atoms with Crippen LogP contribution in [-0.2, 0) is 0 Å². The van der Waals surface area contributed by atoms with E-state index in [2.05, 4.69) is 13.5 Å². The van der Waals surface area contributed by atoms with Gasteiger partial charge in [-0.05, 0) is 12.1 Å². The first kappa shape index (κ1) is 14.8. The summed E-state index contributed by atoms with van der Waals surface area (Å²) < 4.78 is 17.7. The molecule has 9 heteroatoms. The fourth-order valence-corrected chi connectivity index (χ4v) is 3.78. The Balaban J connectivity index is 0.000000980. The van der Waals surface area contributed by atoms with Crippen LogP contribution >= 0.6 is 35.0 Å². The number of hydrogen-bond donors (Lipinski definition) is 0. The van der Waals surface area contributed by atoms with Crippen molar-refractivity contribution >= 4 is 35.0 Å². The van der Waals surface area contributed by atoms with Gasteiger partial charge in [0.25, 0.3) is 0 Å².